The second kappa shape index (κ2) is 9.23. The lowest BCUT2D eigenvalue weighted by Crippen LogP contribution is -2.31. The maximum Gasteiger partial charge on any atom is 0.416 e. The van der Waals surface area contributed by atoms with Crippen LogP contribution in [0.5, 0.6) is 0 Å². The molecule has 2 nitrogen and oxygen atoms in total. The largest absolute Gasteiger partial charge is 0.416 e. The molecule has 0 aliphatic carbocycles. The maximum absolute atomic E-state index is 13.1. The molecule has 0 radical (unpaired) electrons. The third-order valence-electron chi connectivity index (χ3n) is 4.11. The molecule has 0 aromatic heterocycles. The average molecular weight is 514 g/mol. The highest BCUT2D eigenvalue weighted by Gasteiger charge is 2.32. The predicted molar refractivity (Wildman–Crippen MR) is 106 cm³/mol. The number of amides is 1. The van der Waals surface area contributed by atoms with Crippen molar-refractivity contribution in [1.29, 1.82) is 0 Å². The predicted octanol–water partition coefficient (Wildman–Crippen LogP) is 6.18. The van der Waals surface area contributed by atoms with Crippen molar-refractivity contribution in [2.45, 2.75) is 18.5 Å². The van der Waals surface area contributed by atoms with Crippen molar-refractivity contribution in [2.75, 3.05) is 18.0 Å². The molecule has 0 bridgehead atoms. The lowest BCUT2D eigenvalue weighted by Gasteiger charge is -2.25. The third kappa shape index (κ3) is 6.07. The highest BCUT2D eigenvalue weighted by Crippen LogP contribution is 2.32. The number of carbonyl (C=O) groups is 1. The van der Waals surface area contributed by atoms with E-state index < -0.39 is 17.6 Å². The van der Waals surface area contributed by atoms with Gasteiger partial charge in [-0.15, -0.1) is 0 Å². The first-order valence-electron chi connectivity index (χ1n) is 8.06. The second-order valence-corrected chi connectivity index (χ2v) is 7.65. The Kier molecular flexibility index (Phi) is 7.50. The monoisotopic (exact) mass is 513 g/mol. The summed E-state index contributed by atoms with van der Waals surface area (Å²) in [7, 11) is 1.53. The summed E-state index contributed by atoms with van der Waals surface area (Å²) in [6.45, 7) is 0.293. The quantitative estimate of drug-likeness (QED) is 0.257. The molecule has 146 valence electrons. The highest BCUT2D eigenvalue weighted by atomic mass is 127. The minimum absolute atomic E-state index is 0.0577. The summed E-state index contributed by atoms with van der Waals surface area (Å²) < 4.78 is 52.9. The van der Waals surface area contributed by atoms with E-state index in [-0.39, 0.29) is 22.3 Å². The zero-order valence-electron chi connectivity index (χ0n) is 14.4. The van der Waals surface area contributed by atoms with Gasteiger partial charge in [0.25, 0.3) is 5.91 Å². The van der Waals surface area contributed by atoms with E-state index in [2.05, 4.69) is 22.6 Å². The van der Waals surface area contributed by atoms with Crippen LogP contribution in [0.15, 0.2) is 42.5 Å². The van der Waals surface area contributed by atoms with E-state index in [1.54, 1.807) is 12.1 Å². The van der Waals surface area contributed by atoms with Crippen LogP contribution in [0.4, 0.5) is 17.6 Å². The van der Waals surface area contributed by atoms with Crippen LogP contribution in [0, 0.1) is 5.82 Å². The number of carbonyl (C=O) groups excluding carboxylic acids is 1. The minimum Gasteiger partial charge on any atom is -0.341 e. The molecule has 0 aliphatic heterocycles. The molecule has 0 aliphatic rings. The Labute approximate surface area is 173 Å². The fraction of sp³-hybridized carbons (Fsp3) is 0.316. The standard InChI is InChI=1S/C19H17ClF4INO/c1-26(11-13(6-7-25)12-2-4-17(21)5-3-12)18(27)14-8-15(19(22,23)24)10-16(20)9-14/h2-5,8-10,13H,6-7,11H2,1H3. The highest BCUT2D eigenvalue weighted by molar-refractivity contribution is 14.1. The van der Waals surface area contributed by atoms with Gasteiger partial charge in [0.1, 0.15) is 5.82 Å². The van der Waals surface area contributed by atoms with Gasteiger partial charge in [-0.05, 0) is 42.3 Å². The summed E-state index contributed by atoms with van der Waals surface area (Å²) >= 11 is 7.97. The molecule has 27 heavy (non-hydrogen) atoms. The van der Waals surface area contributed by atoms with E-state index in [4.69, 9.17) is 11.6 Å². The second-order valence-electron chi connectivity index (χ2n) is 6.14. The zero-order chi connectivity index (χ0) is 20.2. The first-order chi connectivity index (χ1) is 12.6. The Bertz CT molecular complexity index is 795. The number of hydrogen-bond donors (Lipinski definition) is 0. The lowest BCUT2D eigenvalue weighted by molar-refractivity contribution is -0.137. The van der Waals surface area contributed by atoms with E-state index in [0.717, 1.165) is 28.5 Å². The molecule has 0 N–H and O–H groups in total. The molecule has 1 amide bonds. The molecule has 1 unspecified atom stereocenters. The van der Waals surface area contributed by atoms with Crippen LogP contribution in [0.2, 0.25) is 5.02 Å². The van der Waals surface area contributed by atoms with Crippen LogP contribution in [0.1, 0.15) is 33.8 Å². The van der Waals surface area contributed by atoms with Gasteiger partial charge >= 0.3 is 6.18 Å². The number of likely N-dealkylation sites (N-methyl/N-ethyl adjacent to an activating group) is 1. The SMILES string of the molecule is CN(CC(CCI)c1ccc(F)cc1)C(=O)c1cc(Cl)cc(C(F)(F)F)c1. The Balaban J connectivity index is 2.22. The molecule has 0 fully saturated rings. The summed E-state index contributed by atoms with van der Waals surface area (Å²) in [4.78, 5) is 14.0. The molecule has 2 aromatic carbocycles. The van der Waals surface area contributed by atoms with Gasteiger partial charge in [0.05, 0.1) is 5.56 Å². The summed E-state index contributed by atoms with van der Waals surface area (Å²) in [6.07, 6.45) is -3.84. The number of benzene rings is 2. The molecule has 2 rings (SSSR count). The van der Waals surface area contributed by atoms with Crippen molar-refractivity contribution in [3.63, 3.8) is 0 Å². The van der Waals surface area contributed by atoms with Crippen molar-refractivity contribution in [3.8, 4) is 0 Å². The van der Waals surface area contributed by atoms with Gasteiger partial charge in [0.2, 0.25) is 0 Å². The van der Waals surface area contributed by atoms with Gasteiger partial charge in [-0.25, -0.2) is 4.39 Å². The lowest BCUT2D eigenvalue weighted by atomic mass is 9.95. The van der Waals surface area contributed by atoms with Gasteiger partial charge < -0.3 is 4.90 Å². The fourth-order valence-electron chi connectivity index (χ4n) is 2.74. The van der Waals surface area contributed by atoms with Gasteiger partial charge in [-0.3, -0.25) is 4.79 Å². The first kappa shape index (κ1) is 21.9. The summed E-state index contributed by atoms with van der Waals surface area (Å²) in [6, 6.07) is 8.83. The van der Waals surface area contributed by atoms with Crippen molar-refractivity contribution >= 4 is 40.1 Å². The molecular formula is C19H17ClF4INO. The number of hydrogen-bond acceptors (Lipinski definition) is 1. The van der Waals surface area contributed by atoms with Gasteiger partial charge in [0.15, 0.2) is 0 Å². The molecule has 0 saturated heterocycles. The Morgan fingerprint density at radius 2 is 1.81 bits per heavy atom. The Morgan fingerprint density at radius 1 is 1.19 bits per heavy atom. The minimum atomic E-state index is -4.59. The van der Waals surface area contributed by atoms with E-state index >= 15 is 0 Å². The Morgan fingerprint density at radius 3 is 2.37 bits per heavy atom. The van der Waals surface area contributed by atoms with Gasteiger partial charge in [-0.1, -0.05) is 46.3 Å². The van der Waals surface area contributed by atoms with Crippen molar-refractivity contribution in [3.05, 3.63) is 70.0 Å². The number of rotatable bonds is 6. The van der Waals surface area contributed by atoms with Crippen LogP contribution in [0.3, 0.4) is 0 Å². The van der Waals surface area contributed by atoms with Gasteiger partial charge in [0, 0.05) is 34.5 Å². The molecule has 2 aromatic rings. The molecule has 0 spiro atoms. The molecule has 8 heteroatoms. The first-order valence-corrected chi connectivity index (χ1v) is 9.97. The maximum atomic E-state index is 13.1. The summed E-state index contributed by atoms with van der Waals surface area (Å²) in [5.41, 5.74) is -0.214. The molecule has 0 heterocycles. The van der Waals surface area contributed by atoms with Crippen LogP contribution in [-0.4, -0.2) is 28.8 Å². The fourth-order valence-corrected chi connectivity index (χ4v) is 3.73. The average Bonchev–Trinajstić information content (AvgIpc) is 2.60. The van der Waals surface area contributed by atoms with E-state index in [9.17, 15) is 22.4 Å². The van der Waals surface area contributed by atoms with Crippen LogP contribution in [-0.2, 0) is 6.18 Å². The van der Waals surface area contributed by atoms with E-state index in [1.165, 1.54) is 30.1 Å². The summed E-state index contributed by atoms with van der Waals surface area (Å²) in [5.74, 6) is -0.962. The molecule has 1 atom stereocenters. The number of nitrogens with zero attached hydrogens (tertiary/aromatic N) is 1. The Hall–Kier alpha value is -1.35. The third-order valence-corrected chi connectivity index (χ3v) is 4.95. The van der Waals surface area contributed by atoms with Crippen LogP contribution < -0.4 is 0 Å². The van der Waals surface area contributed by atoms with Crippen molar-refractivity contribution < 1.29 is 22.4 Å². The van der Waals surface area contributed by atoms with E-state index in [0.29, 0.717) is 6.54 Å². The topological polar surface area (TPSA) is 20.3 Å². The number of halogens is 6. The smallest absolute Gasteiger partial charge is 0.341 e. The van der Waals surface area contributed by atoms with Gasteiger partial charge in [-0.2, -0.15) is 13.2 Å². The van der Waals surface area contributed by atoms with Crippen LogP contribution >= 0.6 is 34.2 Å². The summed E-state index contributed by atoms with van der Waals surface area (Å²) in [5, 5.41) is -0.149. The van der Waals surface area contributed by atoms with Crippen molar-refractivity contribution in [1.82, 2.24) is 4.90 Å². The normalized spacial score (nSPS) is 12.7. The molecular weight excluding hydrogens is 497 g/mol. The molecule has 0 saturated carbocycles. The number of alkyl halides is 4. The van der Waals surface area contributed by atoms with Crippen LogP contribution in [0.25, 0.3) is 0 Å². The van der Waals surface area contributed by atoms with Crippen molar-refractivity contribution in [2.24, 2.45) is 0 Å². The zero-order valence-corrected chi connectivity index (χ0v) is 17.3. The van der Waals surface area contributed by atoms with E-state index in [1.807, 2.05) is 0 Å².